The van der Waals surface area contributed by atoms with E-state index in [1.807, 2.05) is 0 Å². The maximum atomic E-state index is 13.5. The highest BCUT2D eigenvalue weighted by atomic mass is 32.2. The largest absolute Gasteiger partial charge is 0.480 e. The molecule has 156 valence electrons. The van der Waals surface area contributed by atoms with Crippen LogP contribution in [0.1, 0.15) is 5.56 Å². The van der Waals surface area contributed by atoms with Gasteiger partial charge in [-0.05, 0) is 42.8 Å². The van der Waals surface area contributed by atoms with E-state index in [0.29, 0.717) is 22.2 Å². The number of carboxylic acid groups (broad SMARTS) is 1. The Hall–Kier alpha value is -3.04. The second kappa shape index (κ2) is 7.66. The molecule has 1 aliphatic heterocycles. The number of pyridine rings is 1. The average Bonchev–Trinajstić information content (AvgIpc) is 2.73. The van der Waals surface area contributed by atoms with E-state index in [-0.39, 0.29) is 24.5 Å². The Kier molecular flexibility index (Phi) is 5.17. The molecule has 0 saturated carbocycles. The first-order valence-corrected chi connectivity index (χ1v) is 10.8. The normalized spacial score (nSPS) is 17.9. The number of halogens is 1. The Morgan fingerprint density at radius 3 is 2.67 bits per heavy atom. The monoisotopic (exact) mass is 429 g/mol. The number of carbonyl (C=O) groups is 1. The van der Waals surface area contributed by atoms with Gasteiger partial charge in [0, 0.05) is 36.9 Å². The standard InChI is InChI=1S/C21H20FN3O4S/c1-14-12-16(22)7-8-17(14)25-11-10-24(13-18(25)21(26)27)30(28,29)19-6-2-4-15-5-3-9-23-20(15)19/h2-9,12,18H,10-11,13H2,1H3,(H,26,27). The minimum atomic E-state index is -3.96. The van der Waals surface area contributed by atoms with Crippen molar-refractivity contribution in [1.82, 2.24) is 9.29 Å². The van der Waals surface area contributed by atoms with Crippen LogP contribution < -0.4 is 4.90 Å². The summed E-state index contributed by atoms with van der Waals surface area (Å²) in [4.78, 5) is 17.9. The van der Waals surface area contributed by atoms with Gasteiger partial charge in [-0.25, -0.2) is 17.6 Å². The molecule has 7 nitrogen and oxygen atoms in total. The minimum Gasteiger partial charge on any atom is -0.480 e. The first-order valence-electron chi connectivity index (χ1n) is 9.38. The van der Waals surface area contributed by atoms with Crippen LogP contribution in [0.3, 0.4) is 0 Å². The number of hydrogen-bond acceptors (Lipinski definition) is 5. The van der Waals surface area contributed by atoms with Crippen LogP contribution in [0.25, 0.3) is 10.9 Å². The van der Waals surface area contributed by atoms with E-state index in [9.17, 15) is 22.7 Å². The van der Waals surface area contributed by atoms with Gasteiger partial charge in [0.25, 0.3) is 0 Å². The summed E-state index contributed by atoms with van der Waals surface area (Å²) in [5.41, 5.74) is 1.52. The molecule has 30 heavy (non-hydrogen) atoms. The predicted octanol–water partition coefficient (Wildman–Crippen LogP) is 2.65. The summed E-state index contributed by atoms with van der Waals surface area (Å²) >= 11 is 0. The number of aryl methyl sites for hydroxylation is 1. The molecule has 3 aromatic rings. The molecule has 1 unspecified atom stereocenters. The topological polar surface area (TPSA) is 90.8 Å². The molecule has 1 fully saturated rings. The number of aliphatic carboxylic acids is 1. The van der Waals surface area contributed by atoms with Gasteiger partial charge in [0.2, 0.25) is 10.0 Å². The van der Waals surface area contributed by atoms with Gasteiger partial charge in [0.05, 0.1) is 5.52 Å². The first kappa shape index (κ1) is 20.2. The third kappa shape index (κ3) is 3.50. The summed E-state index contributed by atoms with van der Waals surface area (Å²) in [5.74, 6) is -1.55. The van der Waals surface area contributed by atoms with Gasteiger partial charge < -0.3 is 10.0 Å². The number of hydrogen-bond donors (Lipinski definition) is 1. The van der Waals surface area contributed by atoms with E-state index >= 15 is 0 Å². The number of rotatable bonds is 4. The van der Waals surface area contributed by atoms with Crippen molar-refractivity contribution in [1.29, 1.82) is 0 Å². The molecule has 0 spiro atoms. The van der Waals surface area contributed by atoms with E-state index in [4.69, 9.17) is 0 Å². The van der Waals surface area contributed by atoms with E-state index in [1.165, 1.54) is 34.8 Å². The van der Waals surface area contributed by atoms with Crippen molar-refractivity contribution in [3.63, 3.8) is 0 Å². The number of benzene rings is 2. The molecule has 1 N–H and O–H groups in total. The summed E-state index contributed by atoms with van der Waals surface area (Å²) in [6.45, 7) is 1.74. The van der Waals surface area contributed by atoms with Crippen LogP contribution in [0.2, 0.25) is 0 Å². The Bertz CT molecular complexity index is 1230. The Morgan fingerprint density at radius 1 is 1.17 bits per heavy atom. The van der Waals surface area contributed by atoms with Crippen LogP contribution in [0.15, 0.2) is 59.6 Å². The highest BCUT2D eigenvalue weighted by Gasteiger charge is 2.39. The van der Waals surface area contributed by atoms with Crippen molar-refractivity contribution in [3.8, 4) is 0 Å². The lowest BCUT2D eigenvalue weighted by atomic mass is 10.1. The molecule has 2 heterocycles. The van der Waals surface area contributed by atoms with Crippen molar-refractivity contribution in [2.24, 2.45) is 0 Å². The number of sulfonamides is 1. The Labute approximate surface area is 173 Å². The maximum Gasteiger partial charge on any atom is 0.327 e. The predicted molar refractivity (Wildman–Crippen MR) is 110 cm³/mol. The van der Waals surface area contributed by atoms with E-state index in [0.717, 1.165) is 0 Å². The second-order valence-electron chi connectivity index (χ2n) is 7.17. The lowest BCUT2D eigenvalue weighted by Gasteiger charge is -2.40. The van der Waals surface area contributed by atoms with Crippen LogP contribution in [-0.4, -0.2) is 54.5 Å². The third-order valence-electron chi connectivity index (χ3n) is 5.31. The van der Waals surface area contributed by atoms with Gasteiger partial charge >= 0.3 is 5.97 Å². The summed E-state index contributed by atoms with van der Waals surface area (Å²) < 4.78 is 41.4. The van der Waals surface area contributed by atoms with Crippen LogP contribution in [-0.2, 0) is 14.8 Å². The highest BCUT2D eigenvalue weighted by molar-refractivity contribution is 7.89. The van der Waals surface area contributed by atoms with Crippen molar-refractivity contribution in [2.45, 2.75) is 17.9 Å². The molecule has 0 amide bonds. The summed E-state index contributed by atoms with van der Waals surface area (Å²) in [5, 5.41) is 10.5. The Morgan fingerprint density at radius 2 is 1.93 bits per heavy atom. The number of aromatic nitrogens is 1. The second-order valence-corrected chi connectivity index (χ2v) is 9.08. The molecule has 1 aliphatic rings. The van der Waals surface area contributed by atoms with Gasteiger partial charge in [-0.3, -0.25) is 4.98 Å². The zero-order valence-electron chi connectivity index (χ0n) is 16.2. The number of nitrogens with zero attached hydrogens (tertiary/aromatic N) is 3. The summed E-state index contributed by atoms with van der Waals surface area (Å²) in [6.07, 6.45) is 1.52. The van der Waals surface area contributed by atoms with Crippen molar-refractivity contribution in [2.75, 3.05) is 24.5 Å². The quantitative estimate of drug-likeness (QED) is 0.686. The highest BCUT2D eigenvalue weighted by Crippen LogP contribution is 2.29. The van der Waals surface area contributed by atoms with E-state index in [2.05, 4.69) is 4.98 Å². The molecule has 0 radical (unpaired) electrons. The van der Waals surface area contributed by atoms with Crippen LogP contribution in [0.4, 0.5) is 10.1 Å². The van der Waals surface area contributed by atoms with Crippen LogP contribution in [0, 0.1) is 12.7 Å². The summed E-state index contributed by atoms with van der Waals surface area (Å²) in [6, 6.07) is 11.4. The molecule has 1 saturated heterocycles. The molecule has 0 bridgehead atoms. The zero-order chi connectivity index (χ0) is 21.5. The number of para-hydroxylation sites is 1. The molecular weight excluding hydrogens is 409 g/mol. The van der Waals surface area contributed by atoms with Crippen LogP contribution in [0.5, 0.6) is 0 Å². The number of anilines is 1. The molecule has 0 aliphatic carbocycles. The summed E-state index contributed by atoms with van der Waals surface area (Å²) in [7, 11) is -3.96. The van der Waals surface area contributed by atoms with E-state index < -0.39 is 27.9 Å². The lowest BCUT2D eigenvalue weighted by Crippen LogP contribution is -2.58. The van der Waals surface area contributed by atoms with Gasteiger partial charge in [0.1, 0.15) is 16.8 Å². The zero-order valence-corrected chi connectivity index (χ0v) is 17.0. The van der Waals surface area contributed by atoms with Gasteiger partial charge in [0.15, 0.2) is 0 Å². The minimum absolute atomic E-state index is 0.0520. The molecular formula is C21H20FN3O4S. The van der Waals surface area contributed by atoms with E-state index in [1.54, 1.807) is 36.1 Å². The molecule has 1 aromatic heterocycles. The smallest absolute Gasteiger partial charge is 0.327 e. The van der Waals surface area contributed by atoms with Gasteiger partial charge in [-0.15, -0.1) is 0 Å². The molecule has 1 atom stereocenters. The fraction of sp³-hybridized carbons (Fsp3) is 0.238. The lowest BCUT2D eigenvalue weighted by molar-refractivity contribution is -0.139. The molecule has 9 heteroatoms. The van der Waals surface area contributed by atoms with Crippen LogP contribution >= 0.6 is 0 Å². The molecule has 4 rings (SSSR count). The van der Waals surface area contributed by atoms with Gasteiger partial charge in [-0.2, -0.15) is 4.31 Å². The molecule has 2 aromatic carbocycles. The van der Waals surface area contributed by atoms with Crippen molar-refractivity contribution in [3.05, 3.63) is 66.1 Å². The number of fused-ring (bicyclic) bond motifs is 1. The average molecular weight is 429 g/mol. The third-order valence-corrected chi connectivity index (χ3v) is 7.21. The number of carboxylic acids is 1. The Balaban J connectivity index is 1.69. The van der Waals surface area contributed by atoms with Gasteiger partial charge in [-0.1, -0.05) is 18.2 Å². The maximum absolute atomic E-state index is 13.5. The fourth-order valence-corrected chi connectivity index (χ4v) is 5.44. The first-order chi connectivity index (χ1) is 14.3. The SMILES string of the molecule is Cc1cc(F)ccc1N1CCN(S(=O)(=O)c2cccc3cccnc23)CC1C(=O)O. The number of piperazine rings is 1. The van der Waals surface area contributed by atoms with Crippen molar-refractivity contribution < 1.29 is 22.7 Å². The van der Waals surface area contributed by atoms with Crippen molar-refractivity contribution >= 4 is 32.6 Å². The fourth-order valence-electron chi connectivity index (χ4n) is 3.84.